The van der Waals surface area contributed by atoms with Crippen LogP contribution in [0.1, 0.15) is 0 Å². The average Bonchev–Trinajstić information content (AvgIpc) is 2.81. The van der Waals surface area contributed by atoms with Crippen LogP contribution in [0.3, 0.4) is 0 Å². The molecule has 0 fully saturated rings. The minimum atomic E-state index is -1.05. The average molecular weight is 252 g/mol. The van der Waals surface area contributed by atoms with E-state index in [9.17, 15) is 9.59 Å². The maximum absolute atomic E-state index is 11.7. The number of nitrogens with zero attached hydrogens (tertiary/aromatic N) is 3. The van der Waals surface area contributed by atoms with Gasteiger partial charge in [-0.3, -0.25) is 4.79 Å². The largest absolute Gasteiger partial charge is 0.480 e. The first kappa shape index (κ1) is 13.8. The van der Waals surface area contributed by atoms with Crippen molar-refractivity contribution in [3.8, 4) is 0 Å². The zero-order valence-corrected chi connectivity index (χ0v) is 9.95. The van der Waals surface area contributed by atoms with Gasteiger partial charge in [0.1, 0.15) is 6.54 Å². The third-order valence-electron chi connectivity index (χ3n) is 2.17. The van der Waals surface area contributed by atoms with Crippen molar-refractivity contribution in [2.24, 2.45) is 0 Å². The number of aromatic nitrogens is 2. The first-order valence-corrected chi connectivity index (χ1v) is 5.44. The van der Waals surface area contributed by atoms with E-state index in [1.807, 2.05) is 4.57 Å². The highest BCUT2D eigenvalue weighted by Gasteiger charge is 2.14. The van der Waals surface area contributed by atoms with Gasteiger partial charge in [0, 0.05) is 32.0 Å². The van der Waals surface area contributed by atoms with Crippen LogP contribution in [0.5, 0.6) is 0 Å². The molecule has 1 rings (SSSR count). The predicted molar refractivity (Wildman–Crippen MR) is 65.0 cm³/mol. The summed E-state index contributed by atoms with van der Waals surface area (Å²) in [7, 11) is 0. The SMILES string of the molecule is C=CCN(CC(=O)O)C(=O)NCCn1ccnc1. The number of urea groups is 1. The minimum absolute atomic E-state index is 0.198. The Morgan fingerprint density at radius 2 is 2.33 bits per heavy atom. The molecule has 7 heteroatoms. The van der Waals surface area contributed by atoms with Gasteiger partial charge in [0.15, 0.2) is 0 Å². The molecule has 0 aliphatic carbocycles. The third kappa shape index (κ3) is 4.69. The van der Waals surface area contributed by atoms with Crippen molar-refractivity contribution < 1.29 is 14.7 Å². The molecule has 7 nitrogen and oxygen atoms in total. The van der Waals surface area contributed by atoms with Crippen molar-refractivity contribution in [3.63, 3.8) is 0 Å². The van der Waals surface area contributed by atoms with Crippen molar-refractivity contribution in [2.75, 3.05) is 19.6 Å². The number of amides is 2. The number of hydrogen-bond acceptors (Lipinski definition) is 3. The molecule has 1 aromatic heterocycles. The Balaban J connectivity index is 2.36. The van der Waals surface area contributed by atoms with Crippen molar-refractivity contribution in [3.05, 3.63) is 31.4 Å². The topological polar surface area (TPSA) is 87.5 Å². The lowest BCUT2D eigenvalue weighted by Crippen LogP contribution is -2.43. The second-order valence-electron chi connectivity index (χ2n) is 3.60. The van der Waals surface area contributed by atoms with Gasteiger partial charge in [0.25, 0.3) is 0 Å². The second kappa shape index (κ2) is 7.10. The smallest absolute Gasteiger partial charge is 0.323 e. The monoisotopic (exact) mass is 252 g/mol. The maximum atomic E-state index is 11.7. The molecule has 0 bridgehead atoms. The van der Waals surface area contributed by atoms with Gasteiger partial charge in [0.2, 0.25) is 0 Å². The number of carboxylic acid groups (broad SMARTS) is 1. The Labute approximate surface area is 105 Å². The molecule has 98 valence electrons. The summed E-state index contributed by atoms with van der Waals surface area (Å²) in [5.41, 5.74) is 0. The van der Waals surface area contributed by atoms with E-state index < -0.39 is 12.0 Å². The molecular weight excluding hydrogens is 236 g/mol. The Morgan fingerprint density at radius 3 is 2.89 bits per heavy atom. The van der Waals surface area contributed by atoms with Crippen LogP contribution in [0.15, 0.2) is 31.4 Å². The Kier molecular flexibility index (Phi) is 5.43. The van der Waals surface area contributed by atoms with E-state index in [0.717, 1.165) is 0 Å². The van der Waals surface area contributed by atoms with Crippen molar-refractivity contribution >= 4 is 12.0 Å². The summed E-state index contributed by atoms with van der Waals surface area (Å²) in [6.45, 7) is 4.33. The third-order valence-corrected chi connectivity index (χ3v) is 2.17. The van der Waals surface area contributed by atoms with E-state index in [1.54, 1.807) is 18.7 Å². The first-order valence-electron chi connectivity index (χ1n) is 5.44. The number of carbonyl (C=O) groups is 2. The van der Waals surface area contributed by atoms with E-state index >= 15 is 0 Å². The van der Waals surface area contributed by atoms with Gasteiger partial charge in [0.05, 0.1) is 6.33 Å². The van der Waals surface area contributed by atoms with E-state index in [-0.39, 0.29) is 13.1 Å². The normalized spacial score (nSPS) is 9.78. The summed E-state index contributed by atoms with van der Waals surface area (Å²) in [4.78, 5) is 27.3. The van der Waals surface area contributed by atoms with Gasteiger partial charge in [-0.2, -0.15) is 0 Å². The van der Waals surface area contributed by atoms with Crippen LogP contribution in [-0.2, 0) is 11.3 Å². The summed E-state index contributed by atoms with van der Waals surface area (Å²) < 4.78 is 1.81. The lowest BCUT2D eigenvalue weighted by Gasteiger charge is -2.19. The van der Waals surface area contributed by atoms with Crippen LogP contribution < -0.4 is 5.32 Å². The zero-order valence-electron chi connectivity index (χ0n) is 9.95. The van der Waals surface area contributed by atoms with Gasteiger partial charge in [-0.15, -0.1) is 6.58 Å². The lowest BCUT2D eigenvalue weighted by atomic mass is 10.4. The molecule has 0 atom stereocenters. The molecular formula is C11H16N4O3. The quantitative estimate of drug-likeness (QED) is 0.677. The summed E-state index contributed by atoms with van der Waals surface area (Å²) in [6.07, 6.45) is 6.56. The Bertz CT molecular complexity index is 402. The summed E-state index contributed by atoms with van der Waals surface area (Å²) in [5.74, 6) is -1.05. The molecule has 0 aromatic carbocycles. The summed E-state index contributed by atoms with van der Waals surface area (Å²) in [5, 5.41) is 11.3. The van der Waals surface area contributed by atoms with E-state index in [4.69, 9.17) is 5.11 Å². The molecule has 0 saturated carbocycles. The molecule has 2 N–H and O–H groups in total. The van der Waals surface area contributed by atoms with Crippen LogP contribution in [0.25, 0.3) is 0 Å². The van der Waals surface area contributed by atoms with Gasteiger partial charge in [-0.25, -0.2) is 9.78 Å². The van der Waals surface area contributed by atoms with Crippen LogP contribution in [0.2, 0.25) is 0 Å². The van der Waals surface area contributed by atoms with Crippen molar-refractivity contribution in [1.29, 1.82) is 0 Å². The number of nitrogens with one attached hydrogen (secondary N) is 1. The van der Waals surface area contributed by atoms with Crippen LogP contribution in [-0.4, -0.2) is 51.2 Å². The first-order chi connectivity index (χ1) is 8.63. The number of aliphatic carboxylic acids is 1. The molecule has 0 aliphatic heterocycles. The molecule has 0 spiro atoms. The van der Waals surface area contributed by atoms with E-state index in [1.165, 1.54) is 11.0 Å². The Hall–Kier alpha value is -2.31. The van der Waals surface area contributed by atoms with Gasteiger partial charge < -0.3 is 19.9 Å². The fourth-order valence-corrected chi connectivity index (χ4v) is 1.36. The molecule has 18 heavy (non-hydrogen) atoms. The van der Waals surface area contributed by atoms with Gasteiger partial charge >= 0.3 is 12.0 Å². The highest BCUT2D eigenvalue weighted by molar-refractivity contribution is 5.80. The summed E-state index contributed by atoms with van der Waals surface area (Å²) in [6, 6.07) is -0.419. The van der Waals surface area contributed by atoms with Gasteiger partial charge in [-0.05, 0) is 0 Å². The lowest BCUT2D eigenvalue weighted by molar-refractivity contribution is -0.137. The second-order valence-corrected chi connectivity index (χ2v) is 3.60. The highest BCUT2D eigenvalue weighted by atomic mass is 16.4. The van der Waals surface area contributed by atoms with E-state index in [2.05, 4.69) is 16.9 Å². The predicted octanol–water partition coefficient (Wildman–Crippen LogP) is 0.165. The van der Waals surface area contributed by atoms with Crippen LogP contribution >= 0.6 is 0 Å². The molecule has 2 amide bonds. The van der Waals surface area contributed by atoms with Crippen LogP contribution in [0, 0.1) is 0 Å². The highest BCUT2D eigenvalue weighted by Crippen LogP contribution is 1.91. The van der Waals surface area contributed by atoms with Crippen molar-refractivity contribution in [2.45, 2.75) is 6.54 Å². The molecule has 0 radical (unpaired) electrons. The summed E-state index contributed by atoms with van der Waals surface area (Å²) >= 11 is 0. The minimum Gasteiger partial charge on any atom is -0.480 e. The molecule has 0 aliphatic rings. The standard InChI is InChI=1S/C11H16N4O3/c1-2-5-15(8-10(16)17)11(18)13-4-7-14-6-3-12-9-14/h2-3,6,9H,1,4-5,7-8H2,(H,13,18)(H,16,17). The number of carbonyl (C=O) groups excluding carboxylic acids is 1. The Morgan fingerprint density at radius 1 is 1.56 bits per heavy atom. The molecule has 0 saturated heterocycles. The van der Waals surface area contributed by atoms with Crippen LogP contribution in [0.4, 0.5) is 4.79 Å². The number of carboxylic acids is 1. The van der Waals surface area contributed by atoms with E-state index in [0.29, 0.717) is 13.1 Å². The van der Waals surface area contributed by atoms with Crippen molar-refractivity contribution in [1.82, 2.24) is 19.8 Å². The number of imidazole rings is 1. The van der Waals surface area contributed by atoms with Gasteiger partial charge in [-0.1, -0.05) is 6.08 Å². The fourth-order valence-electron chi connectivity index (χ4n) is 1.36. The fraction of sp³-hybridized carbons (Fsp3) is 0.364. The molecule has 1 heterocycles. The number of hydrogen-bond donors (Lipinski definition) is 2. The zero-order chi connectivity index (χ0) is 13.4. The molecule has 1 aromatic rings. The molecule has 0 unspecified atom stereocenters. The maximum Gasteiger partial charge on any atom is 0.323 e. The number of rotatable bonds is 7.